The Labute approximate surface area is 80.8 Å². The summed E-state index contributed by atoms with van der Waals surface area (Å²) in [6.07, 6.45) is -1.83. The molecule has 0 aromatic heterocycles. The van der Waals surface area contributed by atoms with Gasteiger partial charge in [0.1, 0.15) is 0 Å². The van der Waals surface area contributed by atoms with Gasteiger partial charge in [-0.15, -0.1) is 12.3 Å². The molecule has 8 heavy (non-hydrogen) atoms. The van der Waals surface area contributed by atoms with Gasteiger partial charge in [0, 0.05) is 10.2 Å². The Kier molecular flexibility index (Phi) is 30.9. The Hall–Kier alpha value is 0.487. The molecule has 0 aromatic carbocycles. The molecule has 0 aliphatic carbocycles. The van der Waals surface area contributed by atoms with Crippen LogP contribution >= 0.6 is 0 Å². The summed E-state index contributed by atoms with van der Waals surface area (Å²) in [5.41, 5.74) is 1.89. The van der Waals surface area contributed by atoms with Gasteiger partial charge in [0.25, 0.3) is 0 Å². The molecule has 5 heteroatoms. The molecule has 0 aliphatic rings. The first-order chi connectivity index (χ1) is 3.15. The van der Waals surface area contributed by atoms with E-state index in [0.29, 0.717) is 0 Å². The van der Waals surface area contributed by atoms with Crippen LogP contribution in [0.4, 0.5) is 4.79 Å². The van der Waals surface area contributed by atoms with Crippen LogP contribution in [-0.4, -0.2) is 64.3 Å². The van der Waals surface area contributed by atoms with Crippen molar-refractivity contribution in [2.24, 2.45) is 0 Å². The van der Waals surface area contributed by atoms with E-state index in [1.54, 1.807) is 0 Å². The second kappa shape index (κ2) is 15.6. The molecule has 0 fully saturated rings. The van der Waals surface area contributed by atoms with Gasteiger partial charge < -0.3 is 10.2 Å². The quantitative estimate of drug-likeness (QED) is 0.440. The number of carbonyl (C=O) groups is 1. The number of rotatable bonds is 0. The van der Waals surface area contributed by atoms with Crippen molar-refractivity contribution in [1.82, 2.24) is 0 Å². The Morgan fingerprint density at radius 1 is 1.62 bits per heavy atom. The third-order valence-corrected chi connectivity index (χ3v) is 0. The van der Waals surface area contributed by atoms with Crippen molar-refractivity contribution < 1.29 is 15.0 Å². The predicted octanol–water partition coefficient (Wildman–Crippen LogP) is -1.20. The first kappa shape index (κ1) is 15.8. The molecule has 0 radical (unpaired) electrons. The van der Waals surface area contributed by atoms with Crippen LogP contribution in [0.1, 0.15) is 0 Å². The molecule has 0 aromatic rings. The van der Waals surface area contributed by atoms with Gasteiger partial charge in [0.05, 0.1) is 0 Å². The van der Waals surface area contributed by atoms with Crippen molar-refractivity contribution in [2.45, 2.75) is 0 Å². The van der Waals surface area contributed by atoms with Gasteiger partial charge in [-0.05, 0) is 0 Å². The van der Waals surface area contributed by atoms with Crippen LogP contribution < -0.4 is 0 Å². The summed E-state index contributed by atoms with van der Waals surface area (Å²) in [4.78, 5) is 8.56. The van der Waals surface area contributed by atoms with E-state index in [1.165, 1.54) is 0 Å². The second-order valence-electron chi connectivity index (χ2n) is 0.691. The molecule has 0 atom stereocenters. The van der Waals surface area contributed by atoms with Crippen molar-refractivity contribution in [3.05, 3.63) is 12.3 Å². The fourth-order valence-electron chi connectivity index (χ4n) is 0. The topological polar surface area (TPSA) is 57.5 Å². The minimum absolute atomic E-state index is 0. The summed E-state index contributed by atoms with van der Waals surface area (Å²) in [5.74, 6) is 0. The fourth-order valence-corrected chi connectivity index (χ4v) is 0. The molecule has 0 heterocycles. The van der Waals surface area contributed by atoms with E-state index >= 15 is 0 Å². The van der Waals surface area contributed by atoms with Gasteiger partial charge >= 0.3 is 43.9 Å². The van der Waals surface area contributed by atoms with Crippen LogP contribution in [0.25, 0.3) is 0 Å². The molecule has 2 N–H and O–H groups in total. The fraction of sp³-hybridized carbons (Fsp3) is 0. The van der Waals surface area contributed by atoms with Crippen LogP contribution in [0.2, 0.25) is 0 Å². The third kappa shape index (κ3) is 825. The average molecular weight is 162 g/mol. The number of hydrogen-bond acceptors (Lipinski definition) is 1. The van der Waals surface area contributed by atoms with Crippen LogP contribution in [0.15, 0.2) is 12.3 Å². The molecule has 0 bridgehead atoms. The van der Waals surface area contributed by atoms with E-state index in [4.69, 9.17) is 15.0 Å². The SMILES string of the molecule is C=C[SiH3].O=C(O)O.[CaH2]. The monoisotopic (exact) mass is 162 g/mol. The number of hydrogen-bond donors (Lipinski definition) is 2. The van der Waals surface area contributed by atoms with E-state index in [2.05, 4.69) is 6.58 Å². The van der Waals surface area contributed by atoms with Gasteiger partial charge in [0.15, 0.2) is 0 Å². The first-order valence-electron chi connectivity index (χ1n) is 1.64. The van der Waals surface area contributed by atoms with Gasteiger partial charge in [-0.25, -0.2) is 4.79 Å². The first-order valence-corrected chi connectivity index (χ1v) is 2.79. The molecular weight excluding hydrogens is 152 g/mol. The zero-order chi connectivity index (χ0) is 6.28. The van der Waals surface area contributed by atoms with Crippen molar-refractivity contribution in [3.63, 3.8) is 0 Å². The maximum atomic E-state index is 8.56. The summed E-state index contributed by atoms with van der Waals surface area (Å²) in [6.45, 7) is 3.42. The molecule has 0 unspecified atom stereocenters. The van der Waals surface area contributed by atoms with Gasteiger partial charge in [-0.3, -0.25) is 0 Å². The van der Waals surface area contributed by atoms with Crippen LogP contribution in [0.3, 0.4) is 0 Å². The Morgan fingerprint density at radius 2 is 1.62 bits per heavy atom. The van der Waals surface area contributed by atoms with E-state index in [1.807, 2.05) is 5.70 Å². The van der Waals surface area contributed by atoms with E-state index in [0.717, 1.165) is 10.2 Å². The molecule has 46 valence electrons. The molecular formula is C3H10CaO3Si. The van der Waals surface area contributed by atoms with Crippen molar-refractivity contribution in [2.75, 3.05) is 0 Å². The molecule has 0 amide bonds. The summed E-state index contributed by atoms with van der Waals surface area (Å²) >= 11 is 0. The maximum absolute atomic E-state index is 8.56. The Morgan fingerprint density at radius 3 is 1.62 bits per heavy atom. The zero-order valence-corrected chi connectivity index (χ0v) is 6.09. The van der Waals surface area contributed by atoms with Crippen LogP contribution in [0.5, 0.6) is 0 Å². The Balaban J connectivity index is -0.0000000575. The van der Waals surface area contributed by atoms with Gasteiger partial charge in [-0.2, -0.15) is 0 Å². The molecule has 0 saturated carbocycles. The van der Waals surface area contributed by atoms with Crippen molar-refractivity contribution in [1.29, 1.82) is 0 Å². The summed E-state index contributed by atoms with van der Waals surface area (Å²) in [7, 11) is 1.13. The van der Waals surface area contributed by atoms with E-state index < -0.39 is 6.16 Å². The van der Waals surface area contributed by atoms with E-state index in [-0.39, 0.29) is 37.7 Å². The van der Waals surface area contributed by atoms with Crippen molar-refractivity contribution >= 4 is 54.1 Å². The Bertz CT molecular complexity index is 61.5. The molecule has 0 aliphatic heterocycles. The second-order valence-corrected chi connectivity index (χ2v) is 1.51. The third-order valence-electron chi connectivity index (χ3n) is 0. The number of carboxylic acid groups (broad SMARTS) is 2. The van der Waals surface area contributed by atoms with E-state index in [9.17, 15) is 0 Å². The van der Waals surface area contributed by atoms with Gasteiger partial charge in [0.2, 0.25) is 0 Å². The van der Waals surface area contributed by atoms with Crippen LogP contribution in [-0.2, 0) is 0 Å². The molecule has 3 nitrogen and oxygen atoms in total. The average Bonchev–Trinajstić information content (AvgIpc) is 1.33. The summed E-state index contributed by atoms with van der Waals surface area (Å²) in [5, 5.41) is 13.9. The molecule has 0 saturated heterocycles. The standard InChI is InChI=1S/C2H6Si.CH2O3.Ca.2H/c1-2-3;2-1(3)4;;;/h2H,1H2,3H3;(H2,2,3,4);;;. The molecule has 0 rings (SSSR count). The summed E-state index contributed by atoms with van der Waals surface area (Å²) < 4.78 is 0. The zero-order valence-electron chi connectivity index (χ0n) is 4.09. The normalized spacial score (nSPS) is 5.00. The minimum atomic E-state index is -1.83. The van der Waals surface area contributed by atoms with Crippen molar-refractivity contribution in [3.8, 4) is 0 Å². The van der Waals surface area contributed by atoms with Gasteiger partial charge in [-0.1, -0.05) is 0 Å². The molecule has 0 spiro atoms. The predicted molar refractivity (Wildman–Crippen MR) is 39.3 cm³/mol. The summed E-state index contributed by atoms with van der Waals surface area (Å²) in [6, 6.07) is 0. The van der Waals surface area contributed by atoms with Crippen LogP contribution in [0, 0.1) is 0 Å².